The molecule has 0 radical (unpaired) electrons. The van der Waals surface area contributed by atoms with Crippen LogP contribution in [0.5, 0.6) is 0 Å². The highest BCUT2D eigenvalue weighted by molar-refractivity contribution is 7.89. The number of sulfonamides is 1. The van der Waals surface area contributed by atoms with Gasteiger partial charge in [-0.3, -0.25) is 4.79 Å². The van der Waals surface area contributed by atoms with Crippen LogP contribution >= 0.6 is 11.6 Å². The summed E-state index contributed by atoms with van der Waals surface area (Å²) in [7, 11) is -4.12. The molecule has 0 saturated carbocycles. The molecule has 11 heteroatoms. The summed E-state index contributed by atoms with van der Waals surface area (Å²) < 4.78 is 70.4. The second-order valence-electron chi connectivity index (χ2n) is 5.87. The number of carbonyl (C=O) groups is 1. The highest BCUT2D eigenvalue weighted by Gasteiger charge is 2.36. The molecule has 1 aromatic carbocycles. The summed E-state index contributed by atoms with van der Waals surface area (Å²) in [6, 6.07) is 2.51. The second-order valence-corrected chi connectivity index (χ2v) is 8.22. The number of hydrogen-bond acceptors (Lipinski definition) is 4. The Kier molecular flexibility index (Phi) is 7.12. The number of amides is 1. The highest BCUT2D eigenvalue weighted by Crippen LogP contribution is 2.36. The third-order valence-corrected chi connectivity index (χ3v) is 6.36. The van der Waals surface area contributed by atoms with Crippen molar-refractivity contribution in [2.24, 2.45) is 0 Å². The van der Waals surface area contributed by atoms with Gasteiger partial charge < -0.3 is 9.64 Å². The quantitative estimate of drug-likeness (QED) is 0.653. The van der Waals surface area contributed by atoms with Crippen molar-refractivity contribution >= 4 is 27.5 Å². The Hall–Kier alpha value is -1.36. The SMILES string of the molecule is CCOCCC(=O)N1CCN(S(=O)(=O)c2ccc(Cl)c(C(F)(F)F)c2)CC1. The molecular formula is C16H20ClF3N2O4S. The molecule has 0 atom stereocenters. The van der Waals surface area contributed by atoms with Gasteiger partial charge in [-0.2, -0.15) is 17.5 Å². The molecule has 0 aliphatic carbocycles. The maximum atomic E-state index is 13.0. The van der Waals surface area contributed by atoms with E-state index < -0.39 is 31.7 Å². The van der Waals surface area contributed by atoms with E-state index in [1.165, 1.54) is 4.90 Å². The zero-order valence-electron chi connectivity index (χ0n) is 14.6. The number of hydrogen-bond donors (Lipinski definition) is 0. The van der Waals surface area contributed by atoms with Crippen LogP contribution in [0.4, 0.5) is 13.2 Å². The lowest BCUT2D eigenvalue weighted by atomic mass is 10.2. The molecule has 0 unspecified atom stereocenters. The number of benzene rings is 1. The predicted molar refractivity (Wildman–Crippen MR) is 92.9 cm³/mol. The molecular weight excluding hydrogens is 409 g/mol. The van der Waals surface area contributed by atoms with Crippen LogP contribution in [-0.4, -0.2) is 62.9 Å². The van der Waals surface area contributed by atoms with Crippen LogP contribution in [0.25, 0.3) is 0 Å². The van der Waals surface area contributed by atoms with E-state index in [0.29, 0.717) is 19.3 Å². The van der Waals surface area contributed by atoms with Crippen molar-refractivity contribution in [2.45, 2.75) is 24.4 Å². The number of piperazine rings is 1. The number of carbonyl (C=O) groups excluding carboxylic acids is 1. The number of nitrogens with zero attached hydrogens (tertiary/aromatic N) is 2. The van der Waals surface area contributed by atoms with Gasteiger partial charge in [-0.25, -0.2) is 8.42 Å². The van der Waals surface area contributed by atoms with Gasteiger partial charge in [-0.05, 0) is 25.1 Å². The zero-order valence-corrected chi connectivity index (χ0v) is 16.2. The summed E-state index contributed by atoms with van der Waals surface area (Å²) in [4.78, 5) is 13.1. The van der Waals surface area contributed by atoms with E-state index in [0.717, 1.165) is 16.4 Å². The lowest BCUT2D eigenvalue weighted by molar-refractivity contribution is -0.137. The van der Waals surface area contributed by atoms with E-state index in [-0.39, 0.29) is 38.5 Å². The van der Waals surface area contributed by atoms with Crippen LogP contribution in [0.15, 0.2) is 23.1 Å². The van der Waals surface area contributed by atoms with E-state index in [1.54, 1.807) is 0 Å². The lowest BCUT2D eigenvalue weighted by Crippen LogP contribution is -2.50. The van der Waals surface area contributed by atoms with Crippen molar-refractivity contribution < 1.29 is 31.1 Å². The summed E-state index contributed by atoms with van der Waals surface area (Å²) in [6.45, 7) is 2.96. The topological polar surface area (TPSA) is 66.9 Å². The molecule has 1 heterocycles. The highest BCUT2D eigenvalue weighted by atomic mass is 35.5. The minimum atomic E-state index is -4.76. The van der Waals surface area contributed by atoms with Gasteiger partial charge in [0.05, 0.1) is 28.5 Å². The van der Waals surface area contributed by atoms with Crippen LogP contribution in [0, 0.1) is 0 Å². The molecule has 0 aromatic heterocycles. The maximum Gasteiger partial charge on any atom is 0.417 e. The first-order valence-electron chi connectivity index (χ1n) is 8.29. The van der Waals surface area contributed by atoms with Crippen molar-refractivity contribution in [2.75, 3.05) is 39.4 Å². The van der Waals surface area contributed by atoms with Crippen LogP contribution in [0.3, 0.4) is 0 Å². The third kappa shape index (κ3) is 5.34. The minimum absolute atomic E-state index is 0.00663. The molecule has 2 rings (SSSR count). The molecule has 0 N–H and O–H groups in total. The van der Waals surface area contributed by atoms with Crippen molar-refractivity contribution in [3.05, 3.63) is 28.8 Å². The van der Waals surface area contributed by atoms with Gasteiger partial charge in [0.25, 0.3) is 0 Å². The fourth-order valence-electron chi connectivity index (χ4n) is 2.67. The molecule has 1 aliphatic heterocycles. The van der Waals surface area contributed by atoms with Crippen molar-refractivity contribution in [1.29, 1.82) is 0 Å². The Bertz CT molecular complexity index is 778. The summed E-state index contributed by atoms with van der Waals surface area (Å²) in [5, 5.41) is -0.564. The fraction of sp³-hybridized carbons (Fsp3) is 0.562. The molecule has 0 spiro atoms. The van der Waals surface area contributed by atoms with Crippen molar-refractivity contribution in [3.63, 3.8) is 0 Å². The van der Waals surface area contributed by atoms with E-state index in [9.17, 15) is 26.4 Å². The van der Waals surface area contributed by atoms with Gasteiger partial charge in [-0.1, -0.05) is 11.6 Å². The predicted octanol–water partition coefficient (Wildman–Crippen LogP) is 2.62. The standard InChI is InChI=1S/C16H20ClF3N2O4S/c1-2-26-10-5-15(23)21-6-8-22(9-7-21)27(24,25)12-3-4-14(17)13(11-12)16(18,19)20/h3-4,11H,2,5-10H2,1H3. The Morgan fingerprint density at radius 2 is 1.85 bits per heavy atom. The first-order valence-corrected chi connectivity index (χ1v) is 10.1. The summed E-state index contributed by atoms with van der Waals surface area (Å²) in [5.41, 5.74) is -1.20. The molecule has 1 aromatic rings. The second kappa shape index (κ2) is 8.76. The van der Waals surface area contributed by atoms with E-state index in [4.69, 9.17) is 16.3 Å². The molecule has 6 nitrogen and oxygen atoms in total. The normalized spacial score (nSPS) is 16.6. The molecule has 27 heavy (non-hydrogen) atoms. The largest absolute Gasteiger partial charge is 0.417 e. The van der Waals surface area contributed by atoms with Crippen LogP contribution in [0.2, 0.25) is 5.02 Å². The first-order chi connectivity index (χ1) is 12.6. The van der Waals surface area contributed by atoms with Crippen LogP contribution in [0.1, 0.15) is 18.9 Å². The Balaban J connectivity index is 2.08. The molecule has 0 bridgehead atoms. The summed E-state index contributed by atoms with van der Waals surface area (Å²) in [6.07, 6.45) is -4.55. The average molecular weight is 429 g/mol. The van der Waals surface area contributed by atoms with Gasteiger partial charge >= 0.3 is 6.18 Å². The third-order valence-electron chi connectivity index (χ3n) is 4.14. The minimum Gasteiger partial charge on any atom is -0.381 e. The monoisotopic (exact) mass is 428 g/mol. The first kappa shape index (κ1) is 21.9. The van der Waals surface area contributed by atoms with Crippen LogP contribution < -0.4 is 0 Å². The van der Waals surface area contributed by atoms with Gasteiger partial charge in [0.2, 0.25) is 15.9 Å². The number of rotatable bonds is 6. The van der Waals surface area contributed by atoms with Gasteiger partial charge in [0.1, 0.15) is 0 Å². The van der Waals surface area contributed by atoms with Gasteiger partial charge in [-0.15, -0.1) is 0 Å². The summed E-state index contributed by atoms with van der Waals surface area (Å²) in [5.74, 6) is -0.147. The average Bonchev–Trinajstić information content (AvgIpc) is 2.61. The van der Waals surface area contributed by atoms with Crippen molar-refractivity contribution in [3.8, 4) is 0 Å². The van der Waals surface area contributed by atoms with Gasteiger partial charge in [0, 0.05) is 32.8 Å². The van der Waals surface area contributed by atoms with E-state index in [1.807, 2.05) is 6.92 Å². The van der Waals surface area contributed by atoms with Crippen molar-refractivity contribution in [1.82, 2.24) is 9.21 Å². The smallest absolute Gasteiger partial charge is 0.381 e. The molecule has 1 amide bonds. The Morgan fingerprint density at radius 3 is 2.41 bits per heavy atom. The summed E-state index contributed by atoms with van der Waals surface area (Å²) >= 11 is 5.54. The fourth-order valence-corrected chi connectivity index (χ4v) is 4.34. The number of halogens is 4. The number of alkyl halides is 3. The van der Waals surface area contributed by atoms with E-state index in [2.05, 4.69) is 0 Å². The Morgan fingerprint density at radius 1 is 1.22 bits per heavy atom. The zero-order chi connectivity index (χ0) is 20.2. The number of ether oxygens (including phenoxy) is 1. The molecule has 1 aliphatic rings. The lowest BCUT2D eigenvalue weighted by Gasteiger charge is -2.34. The maximum absolute atomic E-state index is 13.0. The van der Waals surface area contributed by atoms with Crippen LogP contribution in [-0.2, 0) is 25.7 Å². The Labute approximate surface area is 160 Å². The molecule has 152 valence electrons. The van der Waals surface area contributed by atoms with E-state index >= 15 is 0 Å². The molecule has 1 saturated heterocycles. The van der Waals surface area contributed by atoms with Gasteiger partial charge in [0.15, 0.2) is 0 Å². The molecule has 1 fully saturated rings.